The number of hydrogen-bond donors (Lipinski definition) is 1. The van der Waals surface area contributed by atoms with E-state index >= 15 is 0 Å². The van der Waals surface area contributed by atoms with Crippen LogP contribution in [0.1, 0.15) is 11.5 Å². The molecule has 1 amide bonds. The topological polar surface area (TPSA) is 97.7 Å². The smallest absolute Gasteiger partial charge is 0.319 e. The standard InChI is InChI=1S/C23H20BrClN2O5S/c1-30-17-8-7-13(11-15(17)24)19-14(12-26)22(27-21(28)20(19)23(29)31-2)33-10-9-32-18-6-4-3-5-16(18)25/h3-8,11,19-20H,9-10H2,1-2H3,(H,27,28)/t19-,20-/m0/s1. The zero-order chi connectivity index (χ0) is 24.0. The number of hydrogen-bond acceptors (Lipinski definition) is 7. The van der Waals surface area contributed by atoms with Gasteiger partial charge < -0.3 is 19.5 Å². The van der Waals surface area contributed by atoms with Crippen LogP contribution in [0.2, 0.25) is 5.02 Å². The molecule has 3 rings (SSSR count). The van der Waals surface area contributed by atoms with Crippen LogP contribution >= 0.6 is 39.3 Å². The zero-order valence-electron chi connectivity index (χ0n) is 17.8. The van der Waals surface area contributed by atoms with Gasteiger partial charge >= 0.3 is 5.97 Å². The van der Waals surface area contributed by atoms with Gasteiger partial charge in [0, 0.05) is 11.7 Å². The molecule has 0 unspecified atom stereocenters. The van der Waals surface area contributed by atoms with Gasteiger partial charge in [-0.1, -0.05) is 29.8 Å². The van der Waals surface area contributed by atoms with E-state index in [1.165, 1.54) is 26.0 Å². The Morgan fingerprint density at radius 1 is 1.24 bits per heavy atom. The molecule has 0 bridgehead atoms. The predicted octanol–water partition coefficient (Wildman–Crippen LogP) is 4.66. The number of halogens is 2. The number of para-hydroxylation sites is 1. The van der Waals surface area contributed by atoms with Gasteiger partial charge in [-0.25, -0.2) is 0 Å². The highest BCUT2D eigenvalue weighted by atomic mass is 79.9. The van der Waals surface area contributed by atoms with Crippen molar-refractivity contribution in [2.24, 2.45) is 5.92 Å². The lowest BCUT2D eigenvalue weighted by molar-refractivity contribution is -0.150. The molecule has 0 radical (unpaired) electrons. The second-order valence-corrected chi connectivity index (χ2v) is 9.21. The molecule has 2 aromatic carbocycles. The monoisotopic (exact) mass is 550 g/mol. The van der Waals surface area contributed by atoms with Gasteiger partial charge in [0.2, 0.25) is 5.91 Å². The van der Waals surface area contributed by atoms with Crippen molar-refractivity contribution in [1.29, 1.82) is 5.26 Å². The first-order valence-corrected chi connectivity index (χ1v) is 11.9. The fourth-order valence-corrected chi connectivity index (χ4v) is 5.03. The molecule has 1 aliphatic heterocycles. The third-order valence-electron chi connectivity index (χ3n) is 4.94. The van der Waals surface area contributed by atoms with Crippen LogP contribution in [0, 0.1) is 17.2 Å². The lowest BCUT2D eigenvalue weighted by Gasteiger charge is -2.31. The number of thioether (sulfide) groups is 1. The number of nitriles is 1. The minimum absolute atomic E-state index is 0.268. The van der Waals surface area contributed by atoms with Gasteiger partial charge in [0.15, 0.2) is 0 Å². The summed E-state index contributed by atoms with van der Waals surface area (Å²) >= 11 is 10.8. The Morgan fingerprint density at radius 2 is 2.00 bits per heavy atom. The Balaban J connectivity index is 1.89. The molecule has 172 valence electrons. The molecule has 0 saturated carbocycles. The van der Waals surface area contributed by atoms with Crippen molar-refractivity contribution in [3.8, 4) is 17.6 Å². The number of allylic oxidation sites excluding steroid dienone is 1. The Morgan fingerprint density at radius 3 is 2.64 bits per heavy atom. The van der Waals surface area contributed by atoms with Crippen LogP contribution in [-0.4, -0.2) is 38.5 Å². The molecule has 1 heterocycles. The number of ether oxygens (including phenoxy) is 3. The maximum Gasteiger partial charge on any atom is 0.319 e. The van der Waals surface area contributed by atoms with E-state index < -0.39 is 23.7 Å². The number of benzene rings is 2. The molecular formula is C23H20BrClN2O5S. The number of esters is 1. The van der Waals surface area contributed by atoms with Gasteiger partial charge in [-0.05, 0) is 45.8 Å². The number of rotatable bonds is 8. The van der Waals surface area contributed by atoms with Crippen LogP contribution in [0.4, 0.5) is 0 Å². The van der Waals surface area contributed by atoms with Crippen LogP contribution in [0.25, 0.3) is 0 Å². The van der Waals surface area contributed by atoms with E-state index in [1.54, 1.807) is 36.4 Å². The van der Waals surface area contributed by atoms with E-state index in [0.29, 0.717) is 43.9 Å². The first kappa shape index (κ1) is 25.0. The van der Waals surface area contributed by atoms with Gasteiger partial charge in [-0.3, -0.25) is 9.59 Å². The van der Waals surface area contributed by atoms with Gasteiger partial charge in [-0.2, -0.15) is 5.26 Å². The van der Waals surface area contributed by atoms with Crippen LogP contribution in [0.15, 0.2) is 57.5 Å². The zero-order valence-corrected chi connectivity index (χ0v) is 20.9. The van der Waals surface area contributed by atoms with Crippen LogP contribution in [0.5, 0.6) is 11.5 Å². The Bertz CT molecular complexity index is 1130. The van der Waals surface area contributed by atoms with E-state index in [9.17, 15) is 14.9 Å². The Hall–Kier alpha value is -2.67. The highest BCUT2D eigenvalue weighted by Crippen LogP contribution is 2.42. The third kappa shape index (κ3) is 5.64. The van der Waals surface area contributed by atoms with Gasteiger partial charge in [0.05, 0.1) is 47.0 Å². The average molecular weight is 552 g/mol. The van der Waals surface area contributed by atoms with Crippen molar-refractivity contribution in [3.05, 3.63) is 68.1 Å². The first-order chi connectivity index (χ1) is 15.9. The van der Waals surface area contributed by atoms with Crippen molar-refractivity contribution < 1.29 is 23.8 Å². The largest absolute Gasteiger partial charge is 0.496 e. The van der Waals surface area contributed by atoms with Crippen LogP contribution in [-0.2, 0) is 14.3 Å². The number of methoxy groups -OCH3 is 2. The van der Waals surface area contributed by atoms with Crippen molar-refractivity contribution in [1.82, 2.24) is 5.32 Å². The number of amides is 1. The summed E-state index contributed by atoms with van der Waals surface area (Å²) in [6, 6.07) is 14.5. The molecule has 7 nitrogen and oxygen atoms in total. The van der Waals surface area contributed by atoms with Gasteiger partial charge in [0.1, 0.15) is 17.4 Å². The fraction of sp³-hybridized carbons (Fsp3) is 0.261. The summed E-state index contributed by atoms with van der Waals surface area (Å²) < 4.78 is 16.5. The highest BCUT2D eigenvalue weighted by molar-refractivity contribution is 9.10. The molecule has 1 aliphatic rings. The predicted molar refractivity (Wildman–Crippen MR) is 129 cm³/mol. The van der Waals surface area contributed by atoms with E-state index in [-0.39, 0.29) is 5.57 Å². The van der Waals surface area contributed by atoms with Gasteiger partial charge in [0.25, 0.3) is 0 Å². The first-order valence-electron chi connectivity index (χ1n) is 9.77. The maximum absolute atomic E-state index is 12.9. The molecule has 0 spiro atoms. The third-order valence-corrected chi connectivity index (χ3v) is 6.86. The molecule has 2 atom stereocenters. The summed E-state index contributed by atoms with van der Waals surface area (Å²) in [5.41, 5.74) is 0.875. The minimum Gasteiger partial charge on any atom is -0.496 e. The van der Waals surface area contributed by atoms with Crippen LogP contribution in [0.3, 0.4) is 0 Å². The lowest BCUT2D eigenvalue weighted by Crippen LogP contribution is -2.44. The molecule has 10 heteroatoms. The molecule has 0 aliphatic carbocycles. The summed E-state index contributed by atoms with van der Waals surface area (Å²) in [5.74, 6) is -1.70. The number of nitrogens with one attached hydrogen (secondary N) is 1. The normalized spacial score (nSPS) is 17.7. The van der Waals surface area contributed by atoms with E-state index in [0.717, 1.165) is 0 Å². The number of carbonyl (C=O) groups is 2. The molecule has 0 saturated heterocycles. The van der Waals surface area contributed by atoms with E-state index in [4.69, 9.17) is 25.8 Å². The minimum atomic E-state index is -1.20. The fourth-order valence-electron chi connectivity index (χ4n) is 3.41. The van der Waals surface area contributed by atoms with E-state index in [1.807, 2.05) is 6.07 Å². The summed E-state index contributed by atoms with van der Waals surface area (Å²) in [6.07, 6.45) is 0. The Kier molecular flexibility index (Phi) is 8.67. The molecule has 0 aromatic heterocycles. The second kappa shape index (κ2) is 11.5. The van der Waals surface area contributed by atoms with Crippen molar-refractivity contribution >= 4 is 51.2 Å². The lowest BCUT2D eigenvalue weighted by atomic mass is 9.78. The second-order valence-electron chi connectivity index (χ2n) is 6.84. The molecule has 2 aromatic rings. The van der Waals surface area contributed by atoms with Crippen molar-refractivity contribution in [3.63, 3.8) is 0 Å². The highest BCUT2D eigenvalue weighted by Gasteiger charge is 2.44. The molecule has 0 fully saturated rings. The summed E-state index contributed by atoms with van der Waals surface area (Å²) in [5, 5.41) is 13.5. The number of carbonyl (C=O) groups excluding carboxylic acids is 2. The van der Waals surface area contributed by atoms with Crippen LogP contribution < -0.4 is 14.8 Å². The van der Waals surface area contributed by atoms with Crippen molar-refractivity contribution in [2.45, 2.75) is 5.92 Å². The average Bonchev–Trinajstić information content (AvgIpc) is 2.81. The maximum atomic E-state index is 12.9. The Labute approximate surface area is 209 Å². The summed E-state index contributed by atoms with van der Waals surface area (Å²) in [6.45, 7) is 0.297. The quantitative estimate of drug-likeness (QED) is 0.289. The molecular weight excluding hydrogens is 532 g/mol. The summed E-state index contributed by atoms with van der Waals surface area (Å²) in [4.78, 5) is 25.4. The molecule has 33 heavy (non-hydrogen) atoms. The molecule has 1 N–H and O–H groups in total. The van der Waals surface area contributed by atoms with Gasteiger partial charge in [-0.15, -0.1) is 11.8 Å². The van der Waals surface area contributed by atoms with E-state index in [2.05, 4.69) is 27.3 Å². The SMILES string of the molecule is COC(=O)[C@@H]1C(=O)NC(SCCOc2ccccc2Cl)=C(C#N)[C@@H]1c1ccc(OC)c(Br)c1. The summed E-state index contributed by atoms with van der Waals surface area (Å²) in [7, 11) is 2.74. The van der Waals surface area contributed by atoms with Crippen molar-refractivity contribution in [2.75, 3.05) is 26.6 Å². The number of nitrogens with zero attached hydrogens (tertiary/aromatic N) is 1.